The number of aryl methyl sites for hydroxylation is 1. The molecule has 8 heteroatoms. The molecule has 0 aliphatic carbocycles. The number of nitrogens with zero attached hydrogens (tertiary/aromatic N) is 1. The molecule has 0 aliphatic heterocycles. The molecule has 0 aliphatic rings. The first-order valence-corrected chi connectivity index (χ1v) is 7.04. The van der Waals surface area contributed by atoms with Crippen LogP contribution in [0.1, 0.15) is 31.9 Å². The maximum absolute atomic E-state index is 11.6. The number of carbonyl (C=O) groups is 3. The number of anilines is 1. The van der Waals surface area contributed by atoms with Crippen molar-refractivity contribution < 1.29 is 19.5 Å². The van der Waals surface area contributed by atoms with Crippen LogP contribution in [0.15, 0.2) is 5.38 Å². The van der Waals surface area contributed by atoms with Crippen molar-refractivity contribution in [2.75, 3.05) is 5.32 Å². The lowest BCUT2D eigenvalue weighted by Gasteiger charge is -2.11. The molecule has 20 heavy (non-hydrogen) atoms. The van der Waals surface area contributed by atoms with Gasteiger partial charge in [0.15, 0.2) is 5.13 Å². The Morgan fingerprint density at radius 3 is 2.50 bits per heavy atom. The third-order valence-electron chi connectivity index (χ3n) is 2.49. The van der Waals surface area contributed by atoms with E-state index in [9.17, 15) is 14.4 Å². The molecule has 0 spiro atoms. The van der Waals surface area contributed by atoms with Gasteiger partial charge < -0.3 is 15.7 Å². The molecule has 3 N–H and O–H groups in total. The van der Waals surface area contributed by atoms with Crippen molar-refractivity contribution in [1.82, 2.24) is 10.3 Å². The average molecular weight is 299 g/mol. The maximum atomic E-state index is 11.6. The Hall–Kier alpha value is -1.96. The van der Waals surface area contributed by atoms with Crippen LogP contribution in [0.3, 0.4) is 0 Å². The second-order valence-electron chi connectivity index (χ2n) is 4.21. The van der Waals surface area contributed by atoms with E-state index in [0.29, 0.717) is 11.6 Å². The van der Waals surface area contributed by atoms with E-state index >= 15 is 0 Å². The summed E-state index contributed by atoms with van der Waals surface area (Å²) >= 11 is 1.31. The molecule has 1 unspecified atom stereocenters. The Morgan fingerprint density at radius 2 is 2.00 bits per heavy atom. The molecule has 0 aromatic carbocycles. The average Bonchev–Trinajstić information content (AvgIpc) is 2.78. The smallest absolute Gasteiger partial charge is 0.326 e. The predicted octanol–water partition coefficient (Wildman–Crippen LogP) is 1.15. The van der Waals surface area contributed by atoms with Gasteiger partial charge in [0.1, 0.15) is 6.04 Å². The van der Waals surface area contributed by atoms with Gasteiger partial charge in [-0.05, 0) is 13.3 Å². The molecule has 0 saturated heterocycles. The SMILES string of the molecule is CCC(NC(=O)CCC(=O)Nc1nc(C)cs1)C(=O)O. The van der Waals surface area contributed by atoms with Crippen molar-refractivity contribution in [1.29, 1.82) is 0 Å². The molecule has 0 fully saturated rings. The monoisotopic (exact) mass is 299 g/mol. The number of nitrogens with one attached hydrogen (secondary N) is 2. The van der Waals surface area contributed by atoms with Crippen LogP contribution in [0.2, 0.25) is 0 Å². The molecule has 2 amide bonds. The lowest BCUT2D eigenvalue weighted by Crippen LogP contribution is -2.40. The van der Waals surface area contributed by atoms with E-state index in [1.165, 1.54) is 11.3 Å². The van der Waals surface area contributed by atoms with Crippen molar-refractivity contribution in [3.8, 4) is 0 Å². The number of aromatic nitrogens is 1. The number of carbonyl (C=O) groups excluding carboxylic acids is 2. The van der Waals surface area contributed by atoms with E-state index in [1.807, 2.05) is 6.92 Å². The lowest BCUT2D eigenvalue weighted by atomic mass is 10.2. The summed E-state index contributed by atoms with van der Waals surface area (Å²) in [5.41, 5.74) is 0.815. The fraction of sp³-hybridized carbons (Fsp3) is 0.500. The van der Waals surface area contributed by atoms with Crippen molar-refractivity contribution in [2.24, 2.45) is 0 Å². The Morgan fingerprint density at radius 1 is 1.35 bits per heavy atom. The quantitative estimate of drug-likeness (QED) is 0.700. The predicted molar refractivity (Wildman–Crippen MR) is 74.6 cm³/mol. The number of carboxylic acids is 1. The minimum absolute atomic E-state index is 0.0134. The van der Waals surface area contributed by atoms with Crippen molar-refractivity contribution in [3.63, 3.8) is 0 Å². The highest BCUT2D eigenvalue weighted by molar-refractivity contribution is 7.13. The normalized spacial score (nSPS) is 11.7. The zero-order chi connectivity index (χ0) is 15.1. The standard InChI is InChI=1S/C12H17N3O4S/c1-3-8(11(18)19)14-9(16)4-5-10(17)15-12-13-7(2)6-20-12/h6,8H,3-5H2,1-2H3,(H,14,16)(H,18,19)(H,13,15,17). The fourth-order valence-corrected chi connectivity index (χ4v) is 2.13. The van der Waals surface area contributed by atoms with Gasteiger partial charge in [0.2, 0.25) is 11.8 Å². The Kier molecular flexibility index (Phi) is 6.10. The van der Waals surface area contributed by atoms with Gasteiger partial charge in [-0.2, -0.15) is 0 Å². The first kappa shape index (κ1) is 16.1. The molecule has 1 heterocycles. The summed E-state index contributed by atoms with van der Waals surface area (Å²) in [6, 6.07) is -0.910. The van der Waals surface area contributed by atoms with Crippen LogP contribution in [0.4, 0.5) is 5.13 Å². The van der Waals surface area contributed by atoms with Crippen molar-refractivity contribution >= 4 is 34.3 Å². The van der Waals surface area contributed by atoms with Crippen LogP contribution < -0.4 is 10.6 Å². The Labute approximate surface area is 120 Å². The minimum atomic E-state index is -1.08. The second kappa shape index (κ2) is 7.59. The summed E-state index contributed by atoms with van der Waals surface area (Å²) < 4.78 is 0. The lowest BCUT2D eigenvalue weighted by molar-refractivity contribution is -0.141. The number of hydrogen-bond acceptors (Lipinski definition) is 5. The van der Waals surface area contributed by atoms with Crippen LogP contribution >= 0.6 is 11.3 Å². The van der Waals surface area contributed by atoms with E-state index in [4.69, 9.17) is 5.11 Å². The topological polar surface area (TPSA) is 108 Å². The number of aliphatic carboxylic acids is 1. The molecular weight excluding hydrogens is 282 g/mol. The molecule has 1 aromatic heterocycles. The number of thiazole rings is 1. The van der Waals surface area contributed by atoms with E-state index in [2.05, 4.69) is 15.6 Å². The van der Waals surface area contributed by atoms with Gasteiger partial charge in [0.25, 0.3) is 0 Å². The molecule has 110 valence electrons. The minimum Gasteiger partial charge on any atom is -0.480 e. The van der Waals surface area contributed by atoms with Crippen LogP contribution in [0, 0.1) is 6.92 Å². The van der Waals surface area contributed by atoms with E-state index < -0.39 is 17.9 Å². The van der Waals surface area contributed by atoms with Gasteiger partial charge in [0.05, 0.1) is 5.69 Å². The van der Waals surface area contributed by atoms with Gasteiger partial charge in [-0.3, -0.25) is 9.59 Å². The zero-order valence-electron chi connectivity index (χ0n) is 11.3. The Balaban J connectivity index is 2.33. The van der Waals surface area contributed by atoms with Gasteiger partial charge in [0, 0.05) is 18.2 Å². The largest absolute Gasteiger partial charge is 0.480 e. The van der Waals surface area contributed by atoms with Crippen LogP contribution in [-0.2, 0) is 14.4 Å². The van der Waals surface area contributed by atoms with Crippen LogP contribution in [0.25, 0.3) is 0 Å². The maximum Gasteiger partial charge on any atom is 0.326 e. The number of carboxylic acid groups (broad SMARTS) is 1. The number of hydrogen-bond donors (Lipinski definition) is 3. The molecule has 0 saturated carbocycles. The second-order valence-corrected chi connectivity index (χ2v) is 5.07. The van der Waals surface area contributed by atoms with Crippen LogP contribution in [0.5, 0.6) is 0 Å². The molecule has 0 bridgehead atoms. The first-order chi connectivity index (χ1) is 9.42. The van der Waals surface area contributed by atoms with Crippen molar-refractivity contribution in [2.45, 2.75) is 39.2 Å². The fourth-order valence-electron chi connectivity index (χ4n) is 1.43. The summed E-state index contributed by atoms with van der Waals surface area (Å²) in [5.74, 6) is -1.86. The van der Waals surface area contributed by atoms with E-state index in [0.717, 1.165) is 5.69 Å². The molecular formula is C12H17N3O4S. The van der Waals surface area contributed by atoms with Crippen molar-refractivity contribution in [3.05, 3.63) is 11.1 Å². The Bertz CT molecular complexity index is 501. The van der Waals surface area contributed by atoms with E-state index in [-0.39, 0.29) is 18.7 Å². The molecule has 1 rings (SSSR count). The third kappa shape index (κ3) is 5.35. The molecule has 1 aromatic rings. The molecule has 0 radical (unpaired) electrons. The summed E-state index contributed by atoms with van der Waals surface area (Å²) in [6.07, 6.45) is 0.228. The summed E-state index contributed by atoms with van der Waals surface area (Å²) in [4.78, 5) is 37.9. The highest BCUT2D eigenvalue weighted by atomic mass is 32.1. The highest BCUT2D eigenvalue weighted by Gasteiger charge is 2.18. The van der Waals surface area contributed by atoms with Crippen LogP contribution in [-0.4, -0.2) is 33.9 Å². The number of rotatable bonds is 7. The number of amides is 2. The van der Waals surface area contributed by atoms with Gasteiger partial charge in [-0.1, -0.05) is 6.92 Å². The van der Waals surface area contributed by atoms with Gasteiger partial charge in [-0.25, -0.2) is 9.78 Å². The summed E-state index contributed by atoms with van der Waals surface area (Å²) in [5, 5.41) is 16.0. The summed E-state index contributed by atoms with van der Waals surface area (Å²) in [6.45, 7) is 3.48. The molecule has 7 nitrogen and oxygen atoms in total. The first-order valence-electron chi connectivity index (χ1n) is 6.16. The highest BCUT2D eigenvalue weighted by Crippen LogP contribution is 2.14. The summed E-state index contributed by atoms with van der Waals surface area (Å²) in [7, 11) is 0. The van der Waals surface area contributed by atoms with Gasteiger partial charge >= 0.3 is 5.97 Å². The van der Waals surface area contributed by atoms with E-state index in [1.54, 1.807) is 12.3 Å². The van der Waals surface area contributed by atoms with Gasteiger partial charge in [-0.15, -0.1) is 11.3 Å². The zero-order valence-corrected chi connectivity index (χ0v) is 12.1. The third-order valence-corrected chi connectivity index (χ3v) is 3.36. The molecule has 1 atom stereocenters.